The van der Waals surface area contributed by atoms with E-state index in [1.807, 2.05) is 0 Å². The molecule has 1 aromatic heterocycles. The first-order valence-corrected chi connectivity index (χ1v) is 13.6. The van der Waals surface area contributed by atoms with Crippen LogP contribution >= 0.6 is 0 Å². The van der Waals surface area contributed by atoms with Gasteiger partial charge in [0.05, 0.1) is 0 Å². The number of hydrogen-bond donors (Lipinski definition) is 2. The molecule has 1 aromatic carbocycles. The van der Waals surface area contributed by atoms with Crippen molar-refractivity contribution in [3.63, 3.8) is 0 Å². The van der Waals surface area contributed by atoms with E-state index in [2.05, 4.69) is 26.4 Å². The van der Waals surface area contributed by atoms with Crippen LogP contribution in [0.2, 0.25) is 0 Å². The smallest absolute Gasteiger partial charge is 0.242 e. The van der Waals surface area contributed by atoms with Crippen LogP contribution in [-0.4, -0.2) is 56.2 Å². The maximum Gasteiger partial charge on any atom is 0.242 e. The molecule has 2 N–H and O–H groups in total. The molecular weight excluding hydrogens is 455 g/mol. The van der Waals surface area contributed by atoms with Gasteiger partial charge in [0.25, 0.3) is 0 Å². The van der Waals surface area contributed by atoms with Crippen LogP contribution in [-0.2, 0) is 23.1 Å². The lowest BCUT2D eigenvalue weighted by atomic mass is 9.91. The first-order valence-electron chi connectivity index (χ1n) is 12.1. The summed E-state index contributed by atoms with van der Waals surface area (Å²) in [6.07, 6.45) is 5.85. The second-order valence-electron chi connectivity index (χ2n) is 9.72. The minimum absolute atomic E-state index is 0.0926. The second-order valence-corrected chi connectivity index (χ2v) is 11.5. The number of benzene rings is 1. The highest BCUT2D eigenvalue weighted by atomic mass is 32.2. The van der Waals surface area contributed by atoms with Gasteiger partial charge in [0.1, 0.15) is 16.5 Å². The summed E-state index contributed by atoms with van der Waals surface area (Å²) in [6.45, 7) is 6.50. The number of piperidine rings is 2. The number of likely N-dealkylation sites (tertiary alicyclic amines) is 1. The molecule has 2 fully saturated rings. The summed E-state index contributed by atoms with van der Waals surface area (Å²) in [5, 5.41) is 9.55. The highest BCUT2D eigenvalue weighted by Gasteiger charge is 2.25. The third-order valence-electron chi connectivity index (χ3n) is 6.82. The molecule has 0 bridgehead atoms. The lowest BCUT2D eigenvalue weighted by Gasteiger charge is -2.36. The van der Waals surface area contributed by atoms with Crippen molar-refractivity contribution in [1.29, 1.82) is 0 Å². The predicted molar refractivity (Wildman–Crippen MR) is 130 cm³/mol. The predicted octanol–water partition coefficient (Wildman–Crippen LogP) is 3.14. The minimum atomic E-state index is -3.77. The summed E-state index contributed by atoms with van der Waals surface area (Å²) >= 11 is 0. The maximum atomic E-state index is 13.9. The average molecular weight is 491 g/mol. The number of aliphatic hydroxyl groups is 1. The van der Waals surface area contributed by atoms with E-state index in [0.717, 1.165) is 50.0 Å². The molecule has 186 valence electrons. The van der Waals surface area contributed by atoms with E-state index in [9.17, 15) is 17.9 Å². The Morgan fingerprint density at radius 1 is 1.12 bits per heavy atom. The van der Waals surface area contributed by atoms with Gasteiger partial charge in [0, 0.05) is 39.0 Å². The van der Waals surface area contributed by atoms with Gasteiger partial charge in [0.2, 0.25) is 10.0 Å². The molecule has 3 heterocycles. The number of halogens is 1. The van der Waals surface area contributed by atoms with Crippen LogP contribution in [0.4, 0.5) is 10.2 Å². The Morgan fingerprint density at radius 3 is 2.62 bits per heavy atom. The molecule has 0 saturated carbocycles. The van der Waals surface area contributed by atoms with Gasteiger partial charge in [-0.3, -0.25) is 4.90 Å². The molecule has 2 unspecified atom stereocenters. The third kappa shape index (κ3) is 6.33. The summed E-state index contributed by atoms with van der Waals surface area (Å²) in [5.74, 6) is 1.04. The van der Waals surface area contributed by atoms with Crippen LogP contribution < -0.4 is 9.62 Å². The Balaban J connectivity index is 1.42. The van der Waals surface area contributed by atoms with Crippen LogP contribution in [0.25, 0.3) is 0 Å². The molecule has 2 saturated heterocycles. The number of aliphatic hydroxyl groups excluding tert-OH is 1. The van der Waals surface area contributed by atoms with Crippen molar-refractivity contribution in [2.75, 3.05) is 37.7 Å². The summed E-state index contributed by atoms with van der Waals surface area (Å²) in [7, 11) is -3.77. The molecule has 2 aromatic rings. The minimum Gasteiger partial charge on any atom is -0.396 e. The summed E-state index contributed by atoms with van der Waals surface area (Å²) in [6, 6.07) is 7.83. The Morgan fingerprint density at radius 2 is 1.91 bits per heavy atom. The third-order valence-corrected chi connectivity index (χ3v) is 8.21. The summed E-state index contributed by atoms with van der Waals surface area (Å²) in [5.41, 5.74) is 1.59. The van der Waals surface area contributed by atoms with Crippen molar-refractivity contribution in [2.45, 2.75) is 50.6 Å². The van der Waals surface area contributed by atoms with Gasteiger partial charge in [-0.05, 0) is 79.6 Å². The quantitative estimate of drug-likeness (QED) is 0.591. The Hall–Kier alpha value is -2.07. The molecule has 0 spiro atoms. The molecule has 0 radical (unpaired) electrons. The number of aromatic nitrogens is 1. The second kappa shape index (κ2) is 11.1. The van der Waals surface area contributed by atoms with Crippen LogP contribution in [0.3, 0.4) is 0 Å². The van der Waals surface area contributed by atoms with Crippen LogP contribution in [0.1, 0.15) is 43.7 Å². The summed E-state index contributed by atoms with van der Waals surface area (Å²) < 4.78 is 42.4. The van der Waals surface area contributed by atoms with Crippen molar-refractivity contribution >= 4 is 15.8 Å². The van der Waals surface area contributed by atoms with Crippen molar-refractivity contribution in [3.05, 3.63) is 53.5 Å². The fourth-order valence-corrected chi connectivity index (χ4v) is 6.00. The van der Waals surface area contributed by atoms with E-state index in [4.69, 9.17) is 0 Å². The van der Waals surface area contributed by atoms with Gasteiger partial charge in [-0.1, -0.05) is 19.4 Å². The van der Waals surface area contributed by atoms with Gasteiger partial charge >= 0.3 is 0 Å². The van der Waals surface area contributed by atoms with Crippen molar-refractivity contribution in [3.8, 4) is 0 Å². The number of rotatable bonds is 8. The fourth-order valence-electron chi connectivity index (χ4n) is 5.05. The lowest BCUT2D eigenvalue weighted by molar-refractivity contribution is 0.189. The molecule has 7 nitrogen and oxygen atoms in total. The monoisotopic (exact) mass is 490 g/mol. The normalized spacial score (nSPS) is 22.1. The highest BCUT2D eigenvalue weighted by molar-refractivity contribution is 7.89. The van der Waals surface area contributed by atoms with Crippen molar-refractivity contribution in [1.82, 2.24) is 14.6 Å². The number of hydrogen-bond acceptors (Lipinski definition) is 6. The maximum absolute atomic E-state index is 13.9. The molecule has 0 aliphatic carbocycles. The first-order chi connectivity index (χ1) is 16.3. The standard InChI is InChI=1S/C25H35FN4O3S/c1-19-11-20(18-31)16-30(15-19)25-8-7-24(14-27-25)34(32,33)28-13-21-5-6-23(26)12-22(21)17-29-9-3-2-4-10-29/h5-8,12,14,19-20,28,31H,2-4,9-11,13,15-18H2,1H3. The zero-order valence-electron chi connectivity index (χ0n) is 19.8. The van der Waals surface area contributed by atoms with Gasteiger partial charge < -0.3 is 10.0 Å². The molecule has 0 amide bonds. The molecule has 9 heteroatoms. The highest BCUT2D eigenvalue weighted by Crippen LogP contribution is 2.26. The van der Waals surface area contributed by atoms with Crippen LogP contribution in [0.5, 0.6) is 0 Å². The molecular formula is C25H35FN4O3S. The average Bonchev–Trinajstić information content (AvgIpc) is 2.84. The van der Waals surface area contributed by atoms with Crippen molar-refractivity contribution in [2.24, 2.45) is 11.8 Å². The Labute approximate surface area is 202 Å². The molecule has 34 heavy (non-hydrogen) atoms. The molecule has 2 atom stereocenters. The topological polar surface area (TPSA) is 85.8 Å². The lowest BCUT2D eigenvalue weighted by Crippen LogP contribution is -2.41. The van der Waals surface area contributed by atoms with Gasteiger partial charge in [-0.25, -0.2) is 22.5 Å². The van der Waals surface area contributed by atoms with Gasteiger partial charge in [-0.15, -0.1) is 0 Å². The van der Waals surface area contributed by atoms with E-state index in [1.165, 1.54) is 24.8 Å². The van der Waals surface area contributed by atoms with Crippen LogP contribution in [0.15, 0.2) is 41.4 Å². The number of sulfonamides is 1. The Bertz CT molecular complexity index is 1060. The van der Waals surface area contributed by atoms with E-state index in [-0.39, 0.29) is 29.8 Å². The van der Waals surface area contributed by atoms with E-state index in [0.29, 0.717) is 24.8 Å². The zero-order chi connectivity index (χ0) is 24.1. The fraction of sp³-hybridized carbons (Fsp3) is 0.560. The number of nitrogens with zero attached hydrogens (tertiary/aromatic N) is 3. The molecule has 2 aliphatic rings. The number of nitrogens with one attached hydrogen (secondary N) is 1. The number of anilines is 1. The van der Waals surface area contributed by atoms with E-state index in [1.54, 1.807) is 18.2 Å². The SMILES string of the molecule is CC1CC(CO)CN(c2ccc(S(=O)(=O)NCc3ccc(F)cc3CN3CCCCC3)cn2)C1. The van der Waals surface area contributed by atoms with Crippen molar-refractivity contribution < 1.29 is 17.9 Å². The number of pyridine rings is 1. The van der Waals surface area contributed by atoms with E-state index < -0.39 is 10.0 Å². The molecule has 2 aliphatic heterocycles. The molecule has 4 rings (SSSR count). The zero-order valence-corrected chi connectivity index (χ0v) is 20.6. The first kappa shape index (κ1) is 25.0. The largest absolute Gasteiger partial charge is 0.396 e. The van der Waals surface area contributed by atoms with Gasteiger partial charge in [-0.2, -0.15) is 0 Å². The van der Waals surface area contributed by atoms with Crippen LogP contribution in [0, 0.1) is 17.7 Å². The van der Waals surface area contributed by atoms with E-state index >= 15 is 0 Å². The van der Waals surface area contributed by atoms with Gasteiger partial charge in [0.15, 0.2) is 0 Å². The summed E-state index contributed by atoms with van der Waals surface area (Å²) in [4.78, 5) is 8.89. The Kier molecular flexibility index (Phi) is 8.18.